The topological polar surface area (TPSA) is 54.6 Å². The van der Waals surface area contributed by atoms with Gasteiger partial charge in [0.2, 0.25) is 7.51 Å². The maximum atomic E-state index is 6.62. The third kappa shape index (κ3) is 4.08. The molecule has 2 N–H and O–H groups in total. The van der Waals surface area contributed by atoms with Crippen LogP contribution in [0.1, 0.15) is 0 Å². The van der Waals surface area contributed by atoms with Gasteiger partial charge in [-0.2, -0.15) is 8.39 Å². The molecule has 0 radical (unpaired) electrons. The van der Waals surface area contributed by atoms with Crippen molar-refractivity contribution in [1.29, 1.82) is 0 Å². The molecule has 116 valence electrons. The molecule has 0 spiro atoms. The van der Waals surface area contributed by atoms with Crippen LogP contribution < -0.4 is 5.50 Å². The molecule has 0 aromatic rings. The van der Waals surface area contributed by atoms with Crippen LogP contribution in [0.15, 0.2) is 4.52 Å². The highest BCUT2D eigenvalue weighted by Crippen LogP contribution is 2.69. The Labute approximate surface area is 133 Å². The van der Waals surface area contributed by atoms with Crippen molar-refractivity contribution in [2.24, 2.45) is 10.0 Å². The van der Waals surface area contributed by atoms with E-state index in [1.807, 2.05) is 44.6 Å². The van der Waals surface area contributed by atoms with Crippen molar-refractivity contribution in [3.63, 3.8) is 0 Å². The molecule has 0 fully saturated rings. The molecule has 0 aliphatic rings. The van der Waals surface area contributed by atoms with Gasteiger partial charge >= 0.3 is 7.87 Å². The SMILES string of the molecule is CN(C)P(=N[P+](N)(N(C)C)N(C)C)(N(C)C)N(C)I. The standard InChI is InChI=1S/C9H29IN7P2/c1-13(2)18(11,14(3)4)12-19(15(5)6,16(7)8)17(9)10/h11H2,1-9H3/q+1. The average Bonchev–Trinajstić information content (AvgIpc) is 2.23. The maximum absolute atomic E-state index is 6.62. The van der Waals surface area contributed by atoms with E-state index in [0.717, 1.165) is 0 Å². The summed E-state index contributed by atoms with van der Waals surface area (Å²) >= 11 is 2.31. The lowest BCUT2D eigenvalue weighted by Crippen LogP contribution is -2.34. The summed E-state index contributed by atoms with van der Waals surface area (Å²) in [6.45, 7) is 0. The van der Waals surface area contributed by atoms with E-state index in [9.17, 15) is 0 Å². The monoisotopic (exact) mass is 424 g/mol. The van der Waals surface area contributed by atoms with Crippen LogP contribution in [0.25, 0.3) is 0 Å². The summed E-state index contributed by atoms with van der Waals surface area (Å²) in [4.78, 5) is 0. The molecule has 0 aromatic carbocycles. The zero-order valence-electron chi connectivity index (χ0n) is 13.5. The first-order chi connectivity index (χ1) is 8.42. The van der Waals surface area contributed by atoms with E-state index in [-0.39, 0.29) is 0 Å². The van der Waals surface area contributed by atoms with E-state index >= 15 is 0 Å². The van der Waals surface area contributed by atoms with Crippen LogP contribution in [0.5, 0.6) is 0 Å². The van der Waals surface area contributed by atoms with Gasteiger partial charge in [-0.25, -0.2) is 9.34 Å². The third-order valence-corrected chi connectivity index (χ3v) is 11.9. The molecule has 7 nitrogen and oxygen atoms in total. The van der Waals surface area contributed by atoms with Gasteiger partial charge in [0.1, 0.15) is 0 Å². The second kappa shape index (κ2) is 7.42. The quantitative estimate of drug-likeness (QED) is 0.401. The smallest absolute Gasteiger partial charge is 0.249 e. The predicted octanol–water partition coefficient (Wildman–Crippen LogP) is 2.10. The van der Waals surface area contributed by atoms with Gasteiger partial charge in [-0.1, -0.05) is 0 Å². The lowest BCUT2D eigenvalue weighted by atomic mass is 11.3. The first-order valence-electron chi connectivity index (χ1n) is 5.85. The average molecular weight is 424 g/mol. The van der Waals surface area contributed by atoms with Crippen molar-refractivity contribution in [3.05, 3.63) is 0 Å². The molecule has 0 atom stereocenters. The number of halogens is 1. The molecule has 19 heavy (non-hydrogen) atoms. The Morgan fingerprint density at radius 2 is 1.16 bits per heavy atom. The van der Waals surface area contributed by atoms with Crippen LogP contribution in [-0.2, 0) is 0 Å². The highest BCUT2D eigenvalue weighted by atomic mass is 127. The normalized spacial score (nSPS) is 14.3. The summed E-state index contributed by atoms with van der Waals surface area (Å²) < 4.78 is 15.7. The summed E-state index contributed by atoms with van der Waals surface area (Å²) in [5, 5.41) is 0. The zero-order valence-corrected chi connectivity index (χ0v) is 17.5. The van der Waals surface area contributed by atoms with Crippen molar-refractivity contribution < 1.29 is 0 Å². The van der Waals surface area contributed by atoms with Crippen LogP contribution in [0, 0.1) is 0 Å². The fourth-order valence-corrected chi connectivity index (χ4v) is 11.7. The number of rotatable bonds is 6. The minimum atomic E-state index is -2.19. The predicted molar refractivity (Wildman–Crippen MR) is 97.0 cm³/mol. The number of hydrogen-bond donors (Lipinski definition) is 1. The lowest BCUT2D eigenvalue weighted by molar-refractivity contribution is 0.518. The summed E-state index contributed by atoms with van der Waals surface area (Å²) in [7, 11) is 14.1. The zero-order chi connectivity index (χ0) is 15.6. The van der Waals surface area contributed by atoms with Gasteiger partial charge in [0.05, 0.1) is 0 Å². The molecule has 0 saturated carbocycles. The molecule has 0 rings (SSSR count). The Morgan fingerprint density at radius 1 is 0.842 bits per heavy atom. The van der Waals surface area contributed by atoms with Gasteiger partial charge in [0, 0.05) is 58.1 Å². The molecule has 10 heteroatoms. The first-order valence-corrected chi connectivity index (χ1v) is 10.1. The number of hydrogen-bond acceptors (Lipinski definition) is 4. The molecular formula is C9H29IN7P2+. The fraction of sp³-hybridized carbons (Fsp3) is 1.00. The van der Waals surface area contributed by atoms with Gasteiger partial charge < -0.3 is 0 Å². The van der Waals surface area contributed by atoms with E-state index in [4.69, 9.17) is 10.0 Å². The molecule has 0 saturated heterocycles. The van der Waals surface area contributed by atoms with Gasteiger partial charge in [-0.05, 0) is 32.7 Å². The molecule has 0 amide bonds. The van der Waals surface area contributed by atoms with E-state index in [2.05, 4.69) is 63.3 Å². The molecule has 0 unspecified atom stereocenters. The third-order valence-electron chi connectivity index (χ3n) is 2.87. The minimum Gasteiger partial charge on any atom is -0.249 e. The van der Waals surface area contributed by atoms with Crippen molar-refractivity contribution in [1.82, 2.24) is 21.6 Å². The van der Waals surface area contributed by atoms with Crippen LogP contribution in [0.2, 0.25) is 0 Å². The Balaban J connectivity index is 6.20. The van der Waals surface area contributed by atoms with Gasteiger partial charge in [-0.15, -0.1) is 9.34 Å². The van der Waals surface area contributed by atoms with E-state index in [1.54, 1.807) is 0 Å². The second-order valence-electron chi connectivity index (χ2n) is 5.07. The summed E-state index contributed by atoms with van der Waals surface area (Å²) in [6, 6.07) is 0. The first kappa shape index (κ1) is 20.1. The van der Waals surface area contributed by atoms with Gasteiger partial charge in [-0.3, -0.25) is 0 Å². The molecule has 0 aliphatic carbocycles. The molecular weight excluding hydrogens is 395 g/mol. The number of nitrogens with two attached hydrogens (primary N) is 1. The number of nitrogens with zero attached hydrogens (tertiary/aromatic N) is 6. The molecule has 0 aromatic heterocycles. The molecule has 0 bridgehead atoms. The Hall–Kier alpha value is 1.15. The van der Waals surface area contributed by atoms with Crippen molar-refractivity contribution in [2.45, 2.75) is 0 Å². The van der Waals surface area contributed by atoms with Crippen LogP contribution >= 0.6 is 38.2 Å². The van der Waals surface area contributed by atoms with Gasteiger partial charge in [0.25, 0.3) is 0 Å². The van der Waals surface area contributed by atoms with E-state index < -0.39 is 15.4 Å². The van der Waals surface area contributed by atoms with Crippen LogP contribution in [0.4, 0.5) is 0 Å². The summed E-state index contributed by atoms with van der Waals surface area (Å²) in [5.74, 6) is 0. The van der Waals surface area contributed by atoms with Crippen LogP contribution in [0.3, 0.4) is 0 Å². The fourth-order valence-electron chi connectivity index (χ4n) is 1.76. The van der Waals surface area contributed by atoms with Crippen molar-refractivity contribution in [3.8, 4) is 0 Å². The second-order valence-corrected chi connectivity index (χ2v) is 14.1. The maximum Gasteiger partial charge on any atom is 0.351 e. The minimum absolute atomic E-state index is 1.99. The Kier molecular flexibility index (Phi) is 7.87. The largest absolute Gasteiger partial charge is 0.351 e. The van der Waals surface area contributed by atoms with E-state index in [1.165, 1.54) is 0 Å². The van der Waals surface area contributed by atoms with Crippen molar-refractivity contribution >= 4 is 38.2 Å². The molecule has 0 heterocycles. The Morgan fingerprint density at radius 3 is 1.32 bits per heavy atom. The summed E-state index contributed by atoms with van der Waals surface area (Å²) in [5.41, 5.74) is 6.62. The van der Waals surface area contributed by atoms with Crippen LogP contribution in [-0.4, -0.2) is 85.0 Å². The highest BCUT2D eigenvalue weighted by Gasteiger charge is 2.47. The van der Waals surface area contributed by atoms with E-state index in [0.29, 0.717) is 0 Å². The summed E-state index contributed by atoms with van der Waals surface area (Å²) in [6.07, 6.45) is 0. The Bertz CT molecular complexity index is 307. The highest BCUT2D eigenvalue weighted by molar-refractivity contribution is 14.1. The van der Waals surface area contributed by atoms with Gasteiger partial charge in [0.15, 0.2) is 0 Å². The van der Waals surface area contributed by atoms with Crippen molar-refractivity contribution in [2.75, 3.05) is 63.4 Å². The molecule has 0 aliphatic heterocycles. The lowest BCUT2D eigenvalue weighted by Gasteiger charge is -2.40.